The highest BCUT2D eigenvalue weighted by atomic mass is 16.5. The maximum Gasteiger partial charge on any atom is 0.338 e. The number of esters is 1. The van der Waals surface area contributed by atoms with Crippen LogP contribution in [0.3, 0.4) is 0 Å². The summed E-state index contributed by atoms with van der Waals surface area (Å²) in [7, 11) is 0. The van der Waals surface area contributed by atoms with Gasteiger partial charge in [0.1, 0.15) is 5.69 Å². The normalized spacial score (nSPS) is 15.7. The van der Waals surface area contributed by atoms with Gasteiger partial charge in [0.2, 0.25) is 0 Å². The predicted molar refractivity (Wildman–Crippen MR) is 102 cm³/mol. The van der Waals surface area contributed by atoms with Gasteiger partial charge in [0.25, 0.3) is 11.5 Å². The Labute approximate surface area is 157 Å². The van der Waals surface area contributed by atoms with Crippen molar-refractivity contribution >= 4 is 22.9 Å². The zero-order chi connectivity index (χ0) is 19.6. The van der Waals surface area contributed by atoms with Gasteiger partial charge in [0, 0.05) is 12.6 Å². The number of carbonyl (C=O) groups is 2. The number of carbonyl (C=O) groups excluding carboxylic acids is 2. The molecule has 0 unspecified atom stereocenters. The van der Waals surface area contributed by atoms with Crippen LogP contribution in [0.4, 0.5) is 0 Å². The summed E-state index contributed by atoms with van der Waals surface area (Å²) in [6.07, 6.45) is 3.31. The van der Waals surface area contributed by atoms with E-state index in [4.69, 9.17) is 4.74 Å². The van der Waals surface area contributed by atoms with E-state index in [0.717, 1.165) is 25.7 Å². The van der Waals surface area contributed by atoms with E-state index in [2.05, 4.69) is 10.3 Å². The third kappa shape index (κ3) is 4.02. The number of ether oxygens (including phenoxy) is 1. The molecule has 2 aromatic rings. The highest BCUT2D eigenvalue weighted by Gasteiger charge is 2.23. The molecule has 0 spiro atoms. The van der Waals surface area contributed by atoms with Crippen LogP contribution in [0.1, 0.15) is 55.6 Å². The van der Waals surface area contributed by atoms with Gasteiger partial charge in [-0.3, -0.25) is 9.59 Å². The number of nitrogens with one attached hydrogen (secondary N) is 1. The molecule has 1 aromatic carbocycles. The van der Waals surface area contributed by atoms with Crippen LogP contribution in [0.2, 0.25) is 0 Å². The molecule has 144 valence electrons. The summed E-state index contributed by atoms with van der Waals surface area (Å²) in [5.74, 6) is -0.857. The number of aryl methyl sites for hydroxylation is 2. The molecule has 1 aliphatic carbocycles. The van der Waals surface area contributed by atoms with Crippen LogP contribution in [0.15, 0.2) is 23.0 Å². The van der Waals surface area contributed by atoms with Crippen molar-refractivity contribution < 1.29 is 14.3 Å². The van der Waals surface area contributed by atoms with Crippen LogP contribution in [0.25, 0.3) is 11.0 Å². The molecule has 0 radical (unpaired) electrons. The van der Waals surface area contributed by atoms with Crippen LogP contribution in [-0.2, 0) is 16.1 Å². The third-order valence-electron chi connectivity index (χ3n) is 5.02. The molecule has 7 nitrogen and oxygen atoms in total. The van der Waals surface area contributed by atoms with Gasteiger partial charge in [-0.25, -0.2) is 9.78 Å². The molecule has 0 saturated heterocycles. The molecule has 27 heavy (non-hydrogen) atoms. The van der Waals surface area contributed by atoms with Gasteiger partial charge in [-0.05, 0) is 51.8 Å². The summed E-state index contributed by atoms with van der Waals surface area (Å²) >= 11 is 0. The predicted octanol–water partition coefficient (Wildman–Crippen LogP) is 2.33. The zero-order valence-corrected chi connectivity index (χ0v) is 15.9. The minimum Gasteiger partial charge on any atom is -0.449 e. The van der Waals surface area contributed by atoms with Crippen molar-refractivity contribution in [2.45, 2.75) is 65.1 Å². The van der Waals surface area contributed by atoms with Crippen molar-refractivity contribution in [3.63, 3.8) is 0 Å². The lowest BCUT2D eigenvalue weighted by Gasteiger charge is -2.17. The van der Waals surface area contributed by atoms with E-state index in [1.165, 1.54) is 0 Å². The van der Waals surface area contributed by atoms with E-state index in [9.17, 15) is 14.4 Å². The van der Waals surface area contributed by atoms with E-state index in [-0.39, 0.29) is 17.5 Å². The van der Waals surface area contributed by atoms with E-state index < -0.39 is 12.1 Å². The van der Waals surface area contributed by atoms with Crippen molar-refractivity contribution in [2.75, 3.05) is 0 Å². The van der Waals surface area contributed by atoms with E-state index in [0.29, 0.717) is 28.8 Å². The van der Waals surface area contributed by atoms with Crippen molar-refractivity contribution in [2.24, 2.45) is 0 Å². The molecular weight excluding hydrogens is 346 g/mol. The molecule has 1 heterocycles. The maximum absolute atomic E-state index is 12.4. The summed E-state index contributed by atoms with van der Waals surface area (Å²) in [5, 5.41) is 2.93. The van der Waals surface area contributed by atoms with Gasteiger partial charge in [0.15, 0.2) is 6.10 Å². The summed E-state index contributed by atoms with van der Waals surface area (Å²) in [6, 6.07) is 5.05. The molecule has 0 bridgehead atoms. The van der Waals surface area contributed by atoms with Crippen molar-refractivity contribution in [3.05, 3.63) is 39.8 Å². The lowest BCUT2D eigenvalue weighted by atomic mass is 10.2. The van der Waals surface area contributed by atoms with E-state index >= 15 is 0 Å². The smallest absolute Gasteiger partial charge is 0.338 e. The van der Waals surface area contributed by atoms with Gasteiger partial charge in [-0.15, -0.1) is 0 Å². The Kier molecular flexibility index (Phi) is 5.58. The molecule has 1 aromatic heterocycles. The number of nitrogens with zero attached hydrogens (tertiary/aromatic N) is 2. The average molecular weight is 371 g/mol. The highest BCUT2D eigenvalue weighted by Crippen LogP contribution is 2.18. The number of fused-ring (bicyclic) bond motifs is 1. The van der Waals surface area contributed by atoms with Gasteiger partial charge in [-0.1, -0.05) is 12.8 Å². The Balaban J connectivity index is 1.76. The van der Waals surface area contributed by atoms with Gasteiger partial charge in [-0.2, -0.15) is 0 Å². The first-order valence-electron chi connectivity index (χ1n) is 9.43. The number of hydrogen-bond donors (Lipinski definition) is 1. The number of aromatic nitrogens is 2. The molecule has 0 aliphatic heterocycles. The Morgan fingerprint density at radius 1 is 1.33 bits per heavy atom. The molecule has 1 atom stereocenters. The summed E-state index contributed by atoms with van der Waals surface area (Å²) < 4.78 is 6.94. The second-order valence-electron chi connectivity index (χ2n) is 6.99. The summed E-state index contributed by atoms with van der Waals surface area (Å²) in [4.78, 5) is 41.1. The van der Waals surface area contributed by atoms with Crippen molar-refractivity contribution in [3.8, 4) is 0 Å². The van der Waals surface area contributed by atoms with Gasteiger partial charge >= 0.3 is 5.97 Å². The lowest BCUT2D eigenvalue weighted by Crippen LogP contribution is -2.40. The SMILES string of the molecule is CCn1c(=O)c(C)nc2cc(C(=O)O[C@H](C)C(=O)NC3CCCC3)ccc21. The van der Waals surface area contributed by atoms with Crippen molar-refractivity contribution in [1.82, 2.24) is 14.9 Å². The third-order valence-corrected chi connectivity index (χ3v) is 5.02. The van der Waals surface area contributed by atoms with Crippen LogP contribution in [0.5, 0.6) is 0 Å². The fraction of sp³-hybridized carbons (Fsp3) is 0.500. The Bertz CT molecular complexity index is 929. The minimum atomic E-state index is -0.868. The quantitative estimate of drug-likeness (QED) is 0.815. The molecule has 1 aliphatic rings. The van der Waals surface area contributed by atoms with Gasteiger partial charge < -0.3 is 14.6 Å². The second-order valence-corrected chi connectivity index (χ2v) is 6.99. The Morgan fingerprint density at radius 2 is 2.04 bits per heavy atom. The summed E-state index contributed by atoms with van der Waals surface area (Å²) in [6.45, 7) is 5.61. The van der Waals surface area contributed by atoms with Crippen LogP contribution >= 0.6 is 0 Å². The number of amides is 1. The minimum absolute atomic E-state index is 0.141. The first-order valence-corrected chi connectivity index (χ1v) is 9.43. The van der Waals surface area contributed by atoms with Crippen LogP contribution in [0, 0.1) is 6.92 Å². The molecule has 1 amide bonds. The Hall–Kier alpha value is -2.70. The van der Waals surface area contributed by atoms with Crippen LogP contribution in [-0.4, -0.2) is 33.6 Å². The van der Waals surface area contributed by atoms with Crippen LogP contribution < -0.4 is 10.9 Å². The van der Waals surface area contributed by atoms with Crippen molar-refractivity contribution in [1.29, 1.82) is 0 Å². The topological polar surface area (TPSA) is 90.3 Å². The molecule has 1 fully saturated rings. The van der Waals surface area contributed by atoms with E-state index in [1.807, 2.05) is 6.92 Å². The largest absolute Gasteiger partial charge is 0.449 e. The molecule has 3 rings (SSSR count). The fourth-order valence-electron chi connectivity index (χ4n) is 3.49. The molecule has 7 heteroatoms. The molecule has 1 saturated carbocycles. The first kappa shape index (κ1) is 19.1. The molecular formula is C20H25N3O4. The average Bonchev–Trinajstić information content (AvgIpc) is 3.15. The maximum atomic E-state index is 12.4. The van der Waals surface area contributed by atoms with Gasteiger partial charge in [0.05, 0.1) is 16.6 Å². The number of hydrogen-bond acceptors (Lipinski definition) is 5. The first-order chi connectivity index (χ1) is 12.9. The zero-order valence-electron chi connectivity index (χ0n) is 15.9. The lowest BCUT2D eigenvalue weighted by molar-refractivity contribution is -0.129. The standard InChI is InChI=1S/C20H25N3O4/c1-4-23-17-10-9-14(11-16(17)21-12(2)19(23)25)20(26)27-13(3)18(24)22-15-7-5-6-8-15/h9-11,13,15H,4-8H2,1-3H3,(H,22,24)/t13-/m1/s1. The second kappa shape index (κ2) is 7.90. The Morgan fingerprint density at radius 3 is 2.70 bits per heavy atom. The fourth-order valence-corrected chi connectivity index (χ4v) is 3.49. The highest BCUT2D eigenvalue weighted by molar-refractivity contribution is 5.95. The number of rotatable bonds is 5. The molecule has 1 N–H and O–H groups in total. The monoisotopic (exact) mass is 371 g/mol. The van der Waals surface area contributed by atoms with E-state index in [1.54, 1.807) is 36.6 Å². The number of benzene rings is 1. The summed E-state index contributed by atoms with van der Waals surface area (Å²) in [5.41, 5.74) is 1.75.